The number of hydrogen-bond donors (Lipinski definition) is 1. The van der Waals surface area contributed by atoms with Gasteiger partial charge in [-0.15, -0.1) is 0 Å². The zero-order chi connectivity index (χ0) is 29.4. The lowest BCUT2D eigenvalue weighted by Gasteiger charge is -2.35. The van der Waals surface area contributed by atoms with Gasteiger partial charge >= 0.3 is 0 Å². The van der Waals surface area contributed by atoms with Crippen LogP contribution in [-0.4, -0.2) is 50.0 Å². The predicted molar refractivity (Wildman–Crippen MR) is 164 cm³/mol. The van der Waals surface area contributed by atoms with Crippen molar-refractivity contribution in [1.82, 2.24) is 10.2 Å². The van der Waals surface area contributed by atoms with Crippen molar-refractivity contribution < 1.29 is 18.0 Å². The molecule has 0 aromatic heterocycles. The Morgan fingerprint density at radius 3 is 2.12 bits per heavy atom. The number of amides is 2. The van der Waals surface area contributed by atoms with Gasteiger partial charge in [-0.25, -0.2) is 8.42 Å². The maximum atomic E-state index is 14.2. The fourth-order valence-corrected chi connectivity index (χ4v) is 6.41. The van der Waals surface area contributed by atoms with E-state index in [9.17, 15) is 18.0 Å². The summed E-state index contributed by atoms with van der Waals surface area (Å²) in [5.74, 6) is -0.701. The van der Waals surface area contributed by atoms with Gasteiger partial charge in [0, 0.05) is 24.0 Å². The minimum Gasteiger partial charge on any atom is -0.352 e. The smallest absolute Gasteiger partial charge is 0.244 e. The molecule has 41 heavy (non-hydrogen) atoms. The number of nitrogens with zero attached hydrogens (tertiary/aromatic N) is 2. The molecule has 1 unspecified atom stereocenters. The number of benzene rings is 3. The van der Waals surface area contributed by atoms with Gasteiger partial charge in [-0.1, -0.05) is 97.6 Å². The van der Waals surface area contributed by atoms with E-state index in [4.69, 9.17) is 11.6 Å². The molecular weight excluding hydrogens is 558 g/mol. The van der Waals surface area contributed by atoms with Crippen molar-refractivity contribution in [3.05, 3.63) is 101 Å². The molecule has 0 bridgehead atoms. The lowest BCUT2D eigenvalue weighted by Crippen LogP contribution is -2.55. The Morgan fingerprint density at radius 2 is 1.51 bits per heavy atom. The monoisotopic (exact) mass is 595 g/mol. The van der Waals surface area contributed by atoms with Crippen LogP contribution in [0.25, 0.3) is 0 Å². The van der Waals surface area contributed by atoms with Crippen LogP contribution < -0.4 is 9.62 Å². The van der Waals surface area contributed by atoms with E-state index in [0.717, 1.165) is 53.8 Å². The SMILES string of the molecule is Cc1c(Cl)cccc1N(CC(=O)N(Cc1ccccc1)C(Cc1ccccc1)C(=O)NC1CCCCC1)S(C)(=O)=O. The second kappa shape index (κ2) is 14.0. The van der Waals surface area contributed by atoms with E-state index in [1.807, 2.05) is 60.7 Å². The molecule has 4 rings (SSSR count). The third-order valence-electron chi connectivity index (χ3n) is 7.61. The van der Waals surface area contributed by atoms with Gasteiger partial charge in [0.15, 0.2) is 0 Å². The highest BCUT2D eigenvalue weighted by molar-refractivity contribution is 7.92. The summed E-state index contributed by atoms with van der Waals surface area (Å²) in [6.07, 6.45) is 6.46. The molecule has 2 amide bonds. The molecule has 7 nitrogen and oxygen atoms in total. The normalized spacial score (nSPS) is 14.7. The van der Waals surface area contributed by atoms with Crippen molar-refractivity contribution in [1.29, 1.82) is 0 Å². The third-order valence-corrected chi connectivity index (χ3v) is 9.14. The van der Waals surface area contributed by atoms with Gasteiger partial charge in [-0.3, -0.25) is 13.9 Å². The Labute approximate surface area is 248 Å². The molecule has 0 spiro atoms. The maximum absolute atomic E-state index is 14.2. The van der Waals surface area contributed by atoms with E-state index in [1.165, 1.54) is 4.90 Å². The molecular formula is C32H38ClN3O4S. The summed E-state index contributed by atoms with van der Waals surface area (Å²) in [5, 5.41) is 3.61. The number of rotatable bonds is 11. The molecule has 1 saturated carbocycles. The van der Waals surface area contributed by atoms with E-state index in [0.29, 0.717) is 22.7 Å². The van der Waals surface area contributed by atoms with E-state index in [2.05, 4.69) is 5.32 Å². The fraction of sp³-hybridized carbons (Fsp3) is 0.375. The topological polar surface area (TPSA) is 86.8 Å². The number of hydrogen-bond acceptors (Lipinski definition) is 4. The number of nitrogens with one attached hydrogen (secondary N) is 1. The molecule has 218 valence electrons. The van der Waals surface area contributed by atoms with E-state index >= 15 is 0 Å². The van der Waals surface area contributed by atoms with Crippen LogP contribution in [0.1, 0.15) is 48.8 Å². The summed E-state index contributed by atoms with van der Waals surface area (Å²) in [4.78, 5) is 29.7. The highest BCUT2D eigenvalue weighted by atomic mass is 35.5. The van der Waals surface area contributed by atoms with Crippen molar-refractivity contribution in [2.24, 2.45) is 0 Å². The van der Waals surface area contributed by atoms with Gasteiger partial charge in [0.25, 0.3) is 0 Å². The molecule has 1 aliphatic carbocycles. The second-order valence-corrected chi connectivity index (χ2v) is 13.0. The van der Waals surface area contributed by atoms with E-state index in [1.54, 1.807) is 25.1 Å². The third kappa shape index (κ3) is 8.33. The number of carbonyl (C=O) groups is 2. The quantitative estimate of drug-likeness (QED) is 0.317. The van der Waals surface area contributed by atoms with Crippen LogP contribution in [0, 0.1) is 6.92 Å². The predicted octanol–water partition coefficient (Wildman–Crippen LogP) is 5.50. The largest absolute Gasteiger partial charge is 0.352 e. The van der Waals surface area contributed by atoms with Gasteiger partial charge in [-0.05, 0) is 48.6 Å². The van der Waals surface area contributed by atoms with Crippen LogP contribution >= 0.6 is 11.6 Å². The van der Waals surface area contributed by atoms with Crippen LogP contribution in [0.4, 0.5) is 5.69 Å². The standard InChI is InChI=1S/C32H38ClN3O4S/c1-24-28(33)19-12-20-29(24)36(41(2,39)40)23-31(37)35(22-26-15-8-4-9-16-26)30(21-25-13-6-3-7-14-25)32(38)34-27-17-10-5-11-18-27/h3-4,6-9,12-16,19-20,27,30H,5,10-11,17-18,21-23H2,1-2H3,(H,34,38). The molecule has 3 aromatic rings. The Kier molecular flexibility index (Phi) is 10.5. The molecule has 3 aromatic carbocycles. The highest BCUT2D eigenvalue weighted by Gasteiger charge is 2.34. The molecule has 0 aliphatic heterocycles. The van der Waals surface area contributed by atoms with Crippen LogP contribution in [0.5, 0.6) is 0 Å². The molecule has 9 heteroatoms. The second-order valence-electron chi connectivity index (χ2n) is 10.7. The van der Waals surface area contributed by atoms with Crippen molar-refractivity contribution >= 4 is 39.1 Å². The number of halogens is 1. The zero-order valence-corrected chi connectivity index (χ0v) is 25.2. The molecule has 1 N–H and O–H groups in total. The molecule has 1 atom stereocenters. The minimum atomic E-state index is -3.86. The van der Waals surface area contributed by atoms with Crippen LogP contribution in [0.2, 0.25) is 5.02 Å². The van der Waals surface area contributed by atoms with Crippen LogP contribution in [-0.2, 0) is 32.6 Å². The van der Waals surface area contributed by atoms with Crippen LogP contribution in [0.15, 0.2) is 78.9 Å². The maximum Gasteiger partial charge on any atom is 0.244 e. The van der Waals surface area contributed by atoms with E-state index in [-0.39, 0.29) is 18.5 Å². The molecule has 1 aliphatic rings. The van der Waals surface area contributed by atoms with Gasteiger partial charge in [0.1, 0.15) is 12.6 Å². The van der Waals surface area contributed by atoms with Crippen molar-refractivity contribution in [3.8, 4) is 0 Å². The van der Waals surface area contributed by atoms with Gasteiger partial charge < -0.3 is 10.2 Å². The highest BCUT2D eigenvalue weighted by Crippen LogP contribution is 2.29. The first-order valence-electron chi connectivity index (χ1n) is 14.0. The Balaban J connectivity index is 1.72. The van der Waals surface area contributed by atoms with Crippen molar-refractivity contribution in [3.63, 3.8) is 0 Å². The Hall–Kier alpha value is -3.36. The minimum absolute atomic E-state index is 0.0600. The summed E-state index contributed by atoms with van der Waals surface area (Å²) in [6.45, 7) is 1.41. The summed E-state index contributed by atoms with van der Waals surface area (Å²) < 4.78 is 27.1. The molecule has 0 radical (unpaired) electrons. The number of sulfonamides is 1. The first-order valence-corrected chi connectivity index (χ1v) is 16.3. The zero-order valence-electron chi connectivity index (χ0n) is 23.6. The van der Waals surface area contributed by atoms with Crippen molar-refractivity contribution in [2.45, 2.75) is 64.1 Å². The summed E-state index contributed by atoms with van der Waals surface area (Å²) in [5.41, 5.74) is 2.64. The van der Waals surface area contributed by atoms with Gasteiger partial charge in [0.05, 0.1) is 11.9 Å². The fourth-order valence-electron chi connectivity index (χ4n) is 5.34. The average molecular weight is 596 g/mol. The van der Waals surface area contributed by atoms with Crippen LogP contribution in [0.3, 0.4) is 0 Å². The Morgan fingerprint density at radius 1 is 0.902 bits per heavy atom. The first-order chi connectivity index (χ1) is 19.6. The summed E-state index contributed by atoms with van der Waals surface area (Å²) in [7, 11) is -3.86. The van der Waals surface area contributed by atoms with Crippen molar-refractivity contribution in [2.75, 3.05) is 17.1 Å². The average Bonchev–Trinajstić information content (AvgIpc) is 2.96. The molecule has 0 saturated heterocycles. The van der Waals surface area contributed by atoms with E-state index < -0.39 is 28.5 Å². The molecule has 0 heterocycles. The lowest BCUT2D eigenvalue weighted by molar-refractivity contribution is -0.140. The van der Waals surface area contributed by atoms with Gasteiger partial charge in [0.2, 0.25) is 21.8 Å². The number of carbonyl (C=O) groups excluding carboxylic acids is 2. The summed E-state index contributed by atoms with van der Waals surface area (Å²) in [6, 6.07) is 23.2. The molecule has 1 fully saturated rings. The number of anilines is 1. The Bertz CT molecular complexity index is 1430. The summed E-state index contributed by atoms with van der Waals surface area (Å²) >= 11 is 6.32. The first kappa shape index (κ1) is 30.6. The lowest BCUT2D eigenvalue weighted by atomic mass is 9.94. The van der Waals surface area contributed by atoms with Gasteiger partial charge in [-0.2, -0.15) is 0 Å².